The average Bonchev–Trinajstić information content (AvgIpc) is 3.05. The molecule has 110 valence electrons. The lowest BCUT2D eigenvalue weighted by Gasteiger charge is -2.20. The number of benzene rings is 1. The van der Waals surface area contributed by atoms with Crippen LogP contribution in [-0.2, 0) is 0 Å². The molecule has 5 nitrogen and oxygen atoms in total. The van der Waals surface area contributed by atoms with E-state index < -0.39 is 0 Å². The summed E-state index contributed by atoms with van der Waals surface area (Å²) in [4.78, 5) is 6.84. The normalized spacial score (nSPS) is 26.3. The molecule has 1 N–H and O–H groups in total. The van der Waals surface area contributed by atoms with E-state index in [1.807, 2.05) is 30.3 Å². The average molecular weight is 285 g/mol. The topological polar surface area (TPSA) is 62.4 Å². The molecule has 1 aliphatic heterocycles. The highest BCUT2D eigenvalue weighted by Crippen LogP contribution is 2.37. The minimum Gasteiger partial charge on any atom is -0.392 e. The Kier molecular flexibility index (Phi) is 3.24. The van der Waals surface area contributed by atoms with Crippen LogP contribution in [0.5, 0.6) is 0 Å². The Labute approximate surface area is 123 Å². The van der Waals surface area contributed by atoms with Gasteiger partial charge in [-0.1, -0.05) is 35.5 Å². The monoisotopic (exact) mass is 285 g/mol. The molecule has 2 aromatic rings. The van der Waals surface area contributed by atoms with E-state index in [2.05, 4.69) is 15.0 Å². The molecular weight excluding hydrogens is 266 g/mol. The molecule has 0 radical (unpaired) electrons. The van der Waals surface area contributed by atoms with Gasteiger partial charge in [0.1, 0.15) is 0 Å². The zero-order chi connectivity index (χ0) is 14.2. The molecule has 1 saturated heterocycles. The Hall–Kier alpha value is -1.72. The van der Waals surface area contributed by atoms with Crippen LogP contribution in [0.1, 0.15) is 31.2 Å². The second kappa shape index (κ2) is 5.24. The lowest BCUT2D eigenvalue weighted by Crippen LogP contribution is -2.27. The summed E-state index contributed by atoms with van der Waals surface area (Å²) in [5.74, 6) is 2.04. The number of rotatable bonds is 4. The van der Waals surface area contributed by atoms with E-state index in [1.165, 1.54) is 12.8 Å². The largest absolute Gasteiger partial charge is 0.392 e. The Morgan fingerprint density at radius 3 is 2.81 bits per heavy atom. The lowest BCUT2D eigenvalue weighted by molar-refractivity contribution is 0.170. The minimum atomic E-state index is -0.291. The van der Waals surface area contributed by atoms with Crippen LogP contribution in [0.3, 0.4) is 0 Å². The Bertz CT molecular complexity index is 609. The fourth-order valence-electron chi connectivity index (χ4n) is 3.05. The lowest BCUT2D eigenvalue weighted by atomic mass is 10.2. The highest BCUT2D eigenvalue weighted by molar-refractivity contribution is 5.53. The molecule has 1 aliphatic carbocycles. The molecule has 1 aromatic carbocycles. The molecule has 0 spiro atoms. The maximum absolute atomic E-state index is 9.96. The first-order valence-corrected chi connectivity index (χ1v) is 7.61. The smallest absolute Gasteiger partial charge is 0.244 e. The summed E-state index contributed by atoms with van der Waals surface area (Å²) in [5.41, 5.74) is 0.958. The van der Waals surface area contributed by atoms with Gasteiger partial charge in [-0.15, -0.1) is 0 Å². The minimum absolute atomic E-state index is 0.0607. The Morgan fingerprint density at radius 2 is 2.05 bits per heavy atom. The van der Waals surface area contributed by atoms with Gasteiger partial charge in [0.05, 0.1) is 12.1 Å². The van der Waals surface area contributed by atoms with Crippen molar-refractivity contribution in [3.8, 4) is 11.4 Å². The second-order valence-corrected chi connectivity index (χ2v) is 6.12. The highest BCUT2D eigenvalue weighted by atomic mass is 16.5. The van der Waals surface area contributed by atoms with Gasteiger partial charge in [-0.05, 0) is 25.2 Å². The van der Waals surface area contributed by atoms with Crippen molar-refractivity contribution in [2.75, 3.05) is 13.1 Å². The highest BCUT2D eigenvalue weighted by Gasteiger charge is 2.38. The molecule has 2 aliphatic rings. The Morgan fingerprint density at radius 1 is 1.24 bits per heavy atom. The molecule has 4 rings (SSSR count). The third kappa shape index (κ3) is 2.71. The summed E-state index contributed by atoms with van der Waals surface area (Å²) in [5, 5.41) is 14.0. The van der Waals surface area contributed by atoms with Crippen LogP contribution in [0.25, 0.3) is 11.4 Å². The van der Waals surface area contributed by atoms with Crippen molar-refractivity contribution in [1.82, 2.24) is 15.0 Å². The van der Waals surface area contributed by atoms with Gasteiger partial charge in [0.2, 0.25) is 11.7 Å². The van der Waals surface area contributed by atoms with E-state index in [9.17, 15) is 5.11 Å². The number of aliphatic hydroxyl groups is 1. The molecule has 0 bridgehead atoms. The molecule has 5 heteroatoms. The van der Waals surface area contributed by atoms with E-state index in [0.29, 0.717) is 24.7 Å². The van der Waals surface area contributed by atoms with Crippen molar-refractivity contribution < 1.29 is 9.63 Å². The van der Waals surface area contributed by atoms with Crippen LogP contribution in [0, 0.1) is 5.92 Å². The SMILES string of the molecule is OC1CC(c2nc(-c3ccccc3)no2)N(CC2CC2)C1. The standard InChI is InChI=1S/C16H19N3O2/c20-13-8-14(19(10-13)9-11-6-7-11)16-17-15(18-21-16)12-4-2-1-3-5-12/h1-5,11,13-14,20H,6-10H2. The zero-order valence-corrected chi connectivity index (χ0v) is 11.9. The summed E-state index contributed by atoms with van der Waals surface area (Å²) in [7, 11) is 0. The molecule has 2 unspecified atom stereocenters. The maximum Gasteiger partial charge on any atom is 0.244 e. The van der Waals surface area contributed by atoms with E-state index in [0.717, 1.165) is 18.0 Å². The number of hydrogen-bond donors (Lipinski definition) is 1. The van der Waals surface area contributed by atoms with Crippen molar-refractivity contribution >= 4 is 0 Å². The molecule has 2 fully saturated rings. The van der Waals surface area contributed by atoms with Crippen molar-refractivity contribution in [2.24, 2.45) is 5.92 Å². The van der Waals surface area contributed by atoms with Crippen molar-refractivity contribution in [1.29, 1.82) is 0 Å². The van der Waals surface area contributed by atoms with Crippen LogP contribution in [-0.4, -0.2) is 39.3 Å². The number of likely N-dealkylation sites (tertiary alicyclic amines) is 1. The van der Waals surface area contributed by atoms with Crippen LogP contribution in [0.4, 0.5) is 0 Å². The van der Waals surface area contributed by atoms with Gasteiger partial charge in [-0.3, -0.25) is 4.90 Å². The summed E-state index contributed by atoms with van der Waals surface area (Å²) in [6.45, 7) is 1.75. The first-order valence-electron chi connectivity index (χ1n) is 7.61. The summed E-state index contributed by atoms with van der Waals surface area (Å²) in [6, 6.07) is 9.90. The van der Waals surface area contributed by atoms with Crippen LogP contribution >= 0.6 is 0 Å². The van der Waals surface area contributed by atoms with Crippen LogP contribution < -0.4 is 0 Å². The summed E-state index contributed by atoms with van der Waals surface area (Å²) < 4.78 is 5.47. The number of aliphatic hydroxyl groups excluding tert-OH is 1. The second-order valence-electron chi connectivity index (χ2n) is 6.12. The number of aromatic nitrogens is 2. The van der Waals surface area contributed by atoms with Gasteiger partial charge < -0.3 is 9.63 Å². The van der Waals surface area contributed by atoms with Crippen molar-refractivity contribution in [2.45, 2.75) is 31.4 Å². The molecule has 1 saturated carbocycles. The van der Waals surface area contributed by atoms with Gasteiger partial charge >= 0.3 is 0 Å². The molecule has 0 amide bonds. The van der Waals surface area contributed by atoms with Gasteiger partial charge in [0.25, 0.3) is 0 Å². The molecule has 1 aromatic heterocycles. The zero-order valence-electron chi connectivity index (χ0n) is 11.9. The predicted octanol–water partition coefficient (Wildman–Crippen LogP) is 2.25. The molecular formula is C16H19N3O2. The van der Waals surface area contributed by atoms with Gasteiger partial charge in [-0.2, -0.15) is 4.98 Å². The number of nitrogens with zero attached hydrogens (tertiary/aromatic N) is 3. The number of β-amino-alcohol motifs (C(OH)–C–C–N with tert-alkyl or cyclic N) is 1. The third-order valence-corrected chi connectivity index (χ3v) is 4.33. The first kappa shape index (κ1) is 13.0. The predicted molar refractivity (Wildman–Crippen MR) is 77.4 cm³/mol. The summed E-state index contributed by atoms with van der Waals surface area (Å²) in [6.07, 6.45) is 3.00. The van der Waals surface area contributed by atoms with E-state index in [1.54, 1.807) is 0 Å². The van der Waals surface area contributed by atoms with Crippen molar-refractivity contribution in [3.05, 3.63) is 36.2 Å². The van der Waals surface area contributed by atoms with E-state index in [4.69, 9.17) is 4.52 Å². The third-order valence-electron chi connectivity index (χ3n) is 4.33. The fraction of sp³-hybridized carbons (Fsp3) is 0.500. The van der Waals surface area contributed by atoms with Crippen molar-refractivity contribution in [3.63, 3.8) is 0 Å². The Balaban J connectivity index is 1.56. The van der Waals surface area contributed by atoms with Crippen LogP contribution in [0.2, 0.25) is 0 Å². The molecule has 2 atom stereocenters. The molecule has 2 heterocycles. The van der Waals surface area contributed by atoms with E-state index in [-0.39, 0.29) is 12.1 Å². The number of hydrogen-bond acceptors (Lipinski definition) is 5. The van der Waals surface area contributed by atoms with Gasteiger partial charge in [-0.25, -0.2) is 0 Å². The summed E-state index contributed by atoms with van der Waals surface area (Å²) >= 11 is 0. The van der Waals surface area contributed by atoms with Gasteiger partial charge in [0, 0.05) is 18.7 Å². The maximum atomic E-state index is 9.96. The first-order chi connectivity index (χ1) is 10.3. The van der Waals surface area contributed by atoms with E-state index >= 15 is 0 Å². The fourth-order valence-corrected chi connectivity index (χ4v) is 3.05. The molecule has 21 heavy (non-hydrogen) atoms. The van der Waals surface area contributed by atoms with Crippen LogP contribution in [0.15, 0.2) is 34.9 Å². The van der Waals surface area contributed by atoms with Gasteiger partial charge in [0.15, 0.2) is 0 Å². The quantitative estimate of drug-likeness (QED) is 0.933.